The molecule has 1 heterocycles. The van der Waals surface area contributed by atoms with Gasteiger partial charge in [0.15, 0.2) is 5.69 Å². The van der Waals surface area contributed by atoms with Crippen LogP contribution in [0.2, 0.25) is 0 Å². The summed E-state index contributed by atoms with van der Waals surface area (Å²) in [6, 6.07) is 0. The molecule has 8 heteroatoms. The van der Waals surface area contributed by atoms with E-state index in [0.29, 0.717) is 43.0 Å². The summed E-state index contributed by atoms with van der Waals surface area (Å²) in [5.74, 6) is -0.353. The van der Waals surface area contributed by atoms with Crippen LogP contribution < -0.4 is 15.4 Å². The van der Waals surface area contributed by atoms with Crippen LogP contribution in [-0.2, 0) is 4.79 Å². The molecule has 1 rings (SSSR count). The van der Waals surface area contributed by atoms with E-state index in [-0.39, 0.29) is 17.5 Å². The van der Waals surface area contributed by atoms with E-state index in [4.69, 9.17) is 0 Å². The average molecular weight is 564 g/mol. The van der Waals surface area contributed by atoms with Crippen LogP contribution in [0.3, 0.4) is 0 Å². The fourth-order valence-corrected chi connectivity index (χ4v) is 3.47. The molecule has 0 bridgehead atoms. The van der Waals surface area contributed by atoms with Crippen molar-refractivity contribution in [3.63, 3.8) is 0 Å². The Morgan fingerprint density at radius 2 is 1.32 bits per heavy atom. The molecule has 0 aromatic carbocycles. The molecule has 0 fully saturated rings. The summed E-state index contributed by atoms with van der Waals surface area (Å²) < 4.78 is 0.624. The SMILES string of the molecule is CCC=CCC=CCC=CCC=CCC=CCC=CCCC(=O)NCCN(C)CCNC(=O)c1c[n+]([O-])c(C)cn1. The van der Waals surface area contributed by atoms with Crippen LogP contribution in [0.25, 0.3) is 0 Å². The number of carbonyl (C=O) groups excluding carboxylic acids is 2. The van der Waals surface area contributed by atoms with E-state index in [0.717, 1.165) is 44.9 Å². The van der Waals surface area contributed by atoms with Gasteiger partial charge in [0.1, 0.15) is 0 Å². The normalized spacial score (nSPS) is 12.4. The molecule has 0 saturated heterocycles. The minimum absolute atomic E-state index is 0.0302. The Kier molecular flexibility index (Phi) is 20.7. The first-order valence-electron chi connectivity index (χ1n) is 14.6. The van der Waals surface area contributed by atoms with Crippen LogP contribution in [0.15, 0.2) is 85.3 Å². The highest BCUT2D eigenvalue weighted by Gasteiger charge is 2.12. The molecule has 0 spiro atoms. The molecule has 41 heavy (non-hydrogen) atoms. The molecule has 8 nitrogen and oxygen atoms in total. The van der Waals surface area contributed by atoms with E-state index in [1.807, 2.05) is 18.0 Å². The highest BCUT2D eigenvalue weighted by atomic mass is 16.5. The van der Waals surface area contributed by atoms with Crippen molar-refractivity contribution < 1.29 is 14.3 Å². The average Bonchev–Trinajstić information content (AvgIpc) is 2.95. The number of allylic oxidation sites excluding steroid dienone is 12. The van der Waals surface area contributed by atoms with E-state index in [1.54, 1.807) is 6.92 Å². The topological polar surface area (TPSA) is 101 Å². The second-order valence-electron chi connectivity index (χ2n) is 9.60. The minimum Gasteiger partial charge on any atom is -0.618 e. The van der Waals surface area contributed by atoms with Gasteiger partial charge in [0, 0.05) is 39.5 Å². The van der Waals surface area contributed by atoms with E-state index < -0.39 is 0 Å². The lowest BCUT2D eigenvalue weighted by Crippen LogP contribution is -2.38. The van der Waals surface area contributed by atoms with Crippen molar-refractivity contribution in [2.24, 2.45) is 0 Å². The lowest BCUT2D eigenvalue weighted by Gasteiger charge is -2.17. The van der Waals surface area contributed by atoms with Gasteiger partial charge in [0.25, 0.3) is 5.91 Å². The summed E-state index contributed by atoms with van der Waals surface area (Å²) >= 11 is 0. The number of nitrogens with one attached hydrogen (secondary N) is 2. The Labute approximate surface area is 246 Å². The van der Waals surface area contributed by atoms with Crippen LogP contribution >= 0.6 is 0 Å². The summed E-state index contributed by atoms with van der Waals surface area (Å²) in [4.78, 5) is 30.1. The van der Waals surface area contributed by atoms with Crippen LogP contribution in [0, 0.1) is 12.1 Å². The van der Waals surface area contributed by atoms with Gasteiger partial charge in [-0.25, -0.2) is 4.98 Å². The van der Waals surface area contributed by atoms with Crippen LogP contribution in [-0.4, -0.2) is 54.9 Å². The van der Waals surface area contributed by atoms with Gasteiger partial charge in [-0.3, -0.25) is 9.59 Å². The molecule has 1 aromatic heterocycles. The minimum atomic E-state index is -0.384. The summed E-state index contributed by atoms with van der Waals surface area (Å²) in [5, 5.41) is 17.2. The number of hydrogen-bond acceptors (Lipinski definition) is 5. The number of aryl methyl sites for hydroxylation is 1. The van der Waals surface area contributed by atoms with Gasteiger partial charge >= 0.3 is 0 Å². The first-order chi connectivity index (χ1) is 19.9. The first-order valence-corrected chi connectivity index (χ1v) is 14.6. The number of nitrogens with zero attached hydrogens (tertiary/aromatic N) is 3. The zero-order valence-corrected chi connectivity index (χ0v) is 25.1. The predicted octanol–water partition coefficient (Wildman–Crippen LogP) is 5.28. The highest BCUT2D eigenvalue weighted by molar-refractivity contribution is 5.91. The number of amides is 2. The van der Waals surface area contributed by atoms with Crippen LogP contribution in [0.1, 0.15) is 74.5 Å². The van der Waals surface area contributed by atoms with Gasteiger partial charge in [-0.05, 0) is 52.0 Å². The molecule has 0 aliphatic carbocycles. The van der Waals surface area contributed by atoms with Gasteiger partial charge < -0.3 is 20.7 Å². The number of carbonyl (C=O) groups is 2. The zero-order chi connectivity index (χ0) is 30.0. The number of hydrogen-bond donors (Lipinski definition) is 2. The van der Waals surface area contributed by atoms with E-state index >= 15 is 0 Å². The van der Waals surface area contributed by atoms with Gasteiger partial charge in [-0.1, -0.05) is 79.8 Å². The molecule has 0 saturated carbocycles. The fourth-order valence-electron chi connectivity index (χ4n) is 3.47. The standard InChI is InChI=1S/C33H49N5O3/c1-4-5-6-7-8-9-10-11-12-13-14-15-16-17-18-19-20-21-22-23-32(39)34-24-26-37(3)27-25-35-33(40)31-29-38(41)30(2)28-36-31/h5-6,8-9,11-12,14-15,17-18,20-21,28-29H,4,7,10,13,16,19,22-27H2,1-3H3,(H,34,39)(H,35,40). The molecule has 1 aromatic rings. The summed E-state index contributed by atoms with van der Waals surface area (Å²) in [6.07, 6.45) is 35.6. The zero-order valence-electron chi connectivity index (χ0n) is 25.1. The Hall–Kier alpha value is -3.78. The van der Waals surface area contributed by atoms with E-state index in [2.05, 4.69) is 89.4 Å². The van der Waals surface area contributed by atoms with E-state index in [9.17, 15) is 14.8 Å². The quantitative estimate of drug-likeness (QED) is 0.120. The molecule has 0 aliphatic heterocycles. The summed E-state index contributed by atoms with van der Waals surface area (Å²) in [5.41, 5.74) is 0.521. The maximum Gasteiger partial charge on any atom is 0.276 e. The van der Waals surface area contributed by atoms with Crippen LogP contribution in [0.5, 0.6) is 0 Å². The molecule has 0 aliphatic rings. The maximum absolute atomic E-state index is 12.1. The lowest BCUT2D eigenvalue weighted by molar-refractivity contribution is -0.613. The molecule has 0 atom stereocenters. The molecule has 0 unspecified atom stereocenters. The molecular formula is C33H49N5O3. The van der Waals surface area contributed by atoms with E-state index in [1.165, 1.54) is 12.4 Å². The Morgan fingerprint density at radius 3 is 1.83 bits per heavy atom. The third kappa shape index (κ3) is 19.9. The largest absolute Gasteiger partial charge is 0.618 e. The van der Waals surface area contributed by atoms with Gasteiger partial charge in [0.2, 0.25) is 17.8 Å². The smallest absolute Gasteiger partial charge is 0.276 e. The molecule has 224 valence electrons. The van der Waals surface area contributed by atoms with Crippen molar-refractivity contribution in [2.75, 3.05) is 33.2 Å². The van der Waals surface area contributed by atoms with Gasteiger partial charge in [-0.15, -0.1) is 0 Å². The molecule has 2 N–H and O–H groups in total. The molecular weight excluding hydrogens is 514 g/mol. The third-order valence-corrected chi connectivity index (χ3v) is 5.94. The fraction of sp³-hybridized carbons (Fsp3) is 0.455. The summed E-state index contributed by atoms with van der Waals surface area (Å²) in [6.45, 7) is 6.02. The van der Waals surface area contributed by atoms with Crippen molar-refractivity contribution in [2.45, 2.75) is 65.2 Å². The highest BCUT2D eigenvalue weighted by Crippen LogP contribution is 1.98. The van der Waals surface area contributed by atoms with Crippen molar-refractivity contribution in [3.05, 3.63) is 102 Å². The molecule has 2 amide bonds. The number of rotatable bonds is 21. The van der Waals surface area contributed by atoms with Crippen molar-refractivity contribution in [1.29, 1.82) is 0 Å². The van der Waals surface area contributed by atoms with Crippen molar-refractivity contribution in [3.8, 4) is 0 Å². The Bertz CT molecular complexity index is 1060. The third-order valence-electron chi connectivity index (χ3n) is 5.94. The monoisotopic (exact) mass is 563 g/mol. The van der Waals surface area contributed by atoms with Crippen LogP contribution in [0.4, 0.5) is 0 Å². The Morgan fingerprint density at radius 1 is 0.829 bits per heavy atom. The van der Waals surface area contributed by atoms with Gasteiger partial charge in [-0.2, -0.15) is 4.73 Å². The lowest BCUT2D eigenvalue weighted by atomic mass is 10.2. The van der Waals surface area contributed by atoms with Crippen molar-refractivity contribution in [1.82, 2.24) is 20.5 Å². The number of aromatic nitrogens is 2. The predicted molar refractivity (Wildman–Crippen MR) is 168 cm³/mol. The Balaban J connectivity index is 2.01. The second-order valence-corrected chi connectivity index (χ2v) is 9.60. The molecule has 0 radical (unpaired) electrons. The first kappa shape index (κ1) is 35.2. The van der Waals surface area contributed by atoms with Gasteiger partial charge in [0.05, 0.1) is 6.20 Å². The summed E-state index contributed by atoms with van der Waals surface area (Å²) in [7, 11) is 1.92. The maximum atomic E-state index is 12.1. The van der Waals surface area contributed by atoms with Crippen molar-refractivity contribution >= 4 is 11.8 Å². The second kappa shape index (κ2) is 24.1. The number of likely N-dealkylation sites (N-methyl/N-ethyl adjacent to an activating group) is 1.